The monoisotopic (exact) mass is 399 g/mol. The SMILES string of the molecule is O=C(Nc1ccc(Cl)cc1)N1C=Cc2ccccc2C1c1c[nH]c2ccccc12. The maximum Gasteiger partial charge on any atom is 0.326 e. The Bertz CT molecular complexity index is 1230. The minimum absolute atomic E-state index is 0.201. The number of fused-ring (bicyclic) bond motifs is 2. The van der Waals surface area contributed by atoms with Crippen molar-refractivity contribution in [1.82, 2.24) is 9.88 Å². The Morgan fingerprint density at radius 3 is 2.55 bits per heavy atom. The van der Waals surface area contributed by atoms with Crippen molar-refractivity contribution in [3.05, 3.63) is 107 Å². The summed E-state index contributed by atoms with van der Waals surface area (Å²) < 4.78 is 0. The van der Waals surface area contributed by atoms with Crippen LogP contribution in [-0.2, 0) is 0 Å². The number of urea groups is 1. The quantitative estimate of drug-likeness (QED) is 0.401. The minimum Gasteiger partial charge on any atom is -0.361 e. The molecule has 0 spiro atoms. The second kappa shape index (κ2) is 7.15. The van der Waals surface area contributed by atoms with Gasteiger partial charge in [-0.25, -0.2) is 4.79 Å². The number of nitrogens with one attached hydrogen (secondary N) is 2. The predicted octanol–water partition coefficient (Wildman–Crippen LogP) is 6.43. The third kappa shape index (κ3) is 3.18. The first kappa shape index (κ1) is 17.6. The molecule has 1 unspecified atom stereocenters. The summed E-state index contributed by atoms with van der Waals surface area (Å²) in [6.07, 6.45) is 5.82. The zero-order valence-electron chi connectivity index (χ0n) is 15.5. The summed E-state index contributed by atoms with van der Waals surface area (Å²) in [5.41, 5.74) is 5.00. The van der Waals surface area contributed by atoms with Crippen LogP contribution in [0.1, 0.15) is 22.7 Å². The fourth-order valence-corrected chi connectivity index (χ4v) is 3.98. The topological polar surface area (TPSA) is 48.1 Å². The van der Waals surface area contributed by atoms with E-state index < -0.39 is 0 Å². The van der Waals surface area contributed by atoms with Gasteiger partial charge in [-0.15, -0.1) is 0 Å². The number of benzene rings is 3. The average molecular weight is 400 g/mol. The first-order valence-corrected chi connectivity index (χ1v) is 9.76. The molecule has 0 radical (unpaired) electrons. The zero-order chi connectivity index (χ0) is 19.8. The van der Waals surface area contributed by atoms with Gasteiger partial charge in [-0.3, -0.25) is 4.90 Å². The number of nitrogens with zero attached hydrogens (tertiary/aromatic N) is 1. The standard InChI is InChI=1S/C24H18ClN3O/c25-17-9-11-18(12-10-17)27-24(29)28-14-13-16-5-1-2-6-19(16)23(28)21-15-26-22-8-4-3-7-20(21)22/h1-15,23,26H,(H,27,29). The van der Waals surface area contributed by atoms with Gasteiger partial charge in [0.05, 0.1) is 6.04 Å². The molecule has 5 heteroatoms. The molecule has 2 amide bonds. The Hall–Kier alpha value is -3.50. The molecule has 4 aromatic rings. The molecule has 0 bridgehead atoms. The molecule has 1 aliphatic rings. The number of anilines is 1. The number of para-hydroxylation sites is 1. The van der Waals surface area contributed by atoms with Crippen molar-refractivity contribution >= 4 is 40.3 Å². The lowest BCUT2D eigenvalue weighted by Crippen LogP contribution is -2.36. The highest BCUT2D eigenvalue weighted by Gasteiger charge is 2.31. The summed E-state index contributed by atoms with van der Waals surface area (Å²) in [7, 11) is 0. The molecule has 5 rings (SSSR count). The molecule has 29 heavy (non-hydrogen) atoms. The van der Waals surface area contributed by atoms with Crippen LogP contribution in [-0.4, -0.2) is 15.9 Å². The fraction of sp³-hybridized carbons (Fsp3) is 0.0417. The van der Waals surface area contributed by atoms with Crippen LogP contribution in [0.25, 0.3) is 17.0 Å². The molecule has 1 aliphatic heterocycles. The number of rotatable bonds is 2. The molecule has 0 saturated carbocycles. The molecule has 142 valence electrons. The number of aromatic nitrogens is 1. The summed E-state index contributed by atoms with van der Waals surface area (Å²) >= 11 is 5.96. The van der Waals surface area contributed by atoms with Crippen molar-refractivity contribution < 1.29 is 4.79 Å². The van der Waals surface area contributed by atoms with Gasteiger partial charge in [0.25, 0.3) is 0 Å². The highest BCUT2D eigenvalue weighted by Crippen LogP contribution is 2.39. The van der Waals surface area contributed by atoms with Gasteiger partial charge in [0.1, 0.15) is 0 Å². The van der Waals surface area contributed by atoms with Crippen LogP contribution < -0.4 is 5.32 Å². The second-order valence-electron chi connectivity index (χ2n) is 6.98. The normalized spacial score (nSPS) is 15.3. The van der Waals surface area contributed by atoms with Crippen LogP contribution in [0.2, 0.25) is 5.02 Å². The Labute approximate surface area is 173 Å². The van der Waals surface area contributed by atoms with Gasteiger partial charge in [-0.1, -0.05) is 54.1 Å². The molecule has 0 fully saturated rings. The van der Waals surface area contributed by atoms with E-state index in [1.807, 2.05) is 48.8 Å². The van der Waals surface area contributed by atoms with Crippen LogP contribution in [0.15, 0.2) is 85.2 Å². The Morgan fingerprint density at radius 1 is 0.931 bits per heavy atom. The largest absolute Gasteiger partial charge is 0.361 e. The third-order valence-corrected chi connectivity index (χ3v) is 5.48. The number of amides is 2. The van der Waals surface area contributed by atoms with Crippen molar-refractivity contribution in [2.24, 2.45) is 0 Å². The van der Waals surface area contributed by atoms with Gasteiger partial charge < -0.3 is 10.3 Å². The number of hydrogen-bond acceptors (Lipinski definition) is 1. The van der Waals surface area contributed by atoms with E-state index in [2.05, 4.69) is 28.5 Å². The Balaban J connectivity index is 1.58. The highest BCUT2D eigenvalue weighted by atomic mass is 35.5. The van der Waals surface area contributed by atoms with Crippen LogP contribution in [0, 0.1) is 0 Å². The first-order valence-electron chi connectivity index (χ1n) is 9.39. The van der Waals surface area contributed by atoms with E-state index in [1.54, 1.807) is 29.2 Å². The van der Waals surface area contributed by atoms with E-state index >= 15 is 0 Å². The summed E-state index contributed by atoms with van der Waals surface area (Å²) in [6, 6.07) is 23.0. The van der Waals surface area contributed by atoms with E-state index in [9.17, 15) is 4.79 Å². The lowest BCUT2D eigenvalue weighted by atomic mass is 9.91. The van der Waals surface area contributed by atoms with Crippen molar-refractivity contribution in [2.45, 2.75) is 6.04 Å². The highest BCUT2D eigenvalue weighted by molar-refractivity contribution is 6.30. The van der Waals surface area contributed by atoms with Crippen LogP contribution >= 0.6 is 11.6 Å². The van der Waals surface area contributed by atoms with Gasteiger partial charge in [0, 0.05) is 39.6 Å². The number of carbonyl (C=O) groups is 1. The van der Waals surface area contributed by atoms with Gasteiger partial charge in [-0.2, -0.15) is 0 Å². The van der Waals surface area contributed by atoms with E-state index in [1.165, 1.54) is 0 Å². The summed E-state index contributed by atoms with van der Waals surface area (Å²) in [5, 5.41) is 4.71. The molecule has 1 atom stereocenters. The van der Waals surface area contributed by atoms with E-state index in [4.69, 9.17) is 11.6 Å². The zero-order valence-corrected chi connectivity index (χ0v) is 16.2. The maximum atomic E-state index is 13.2. The van der Waals surface area contributed by atoms with Crippen molar-refractivity contribution in [3.63, 3.8) is 0 Å². The smallest absolute Gasteiger partial charge is 0.326 e. The third-order valence-electron chi connectivity index (χ3n) is 5.23. The first-order chi connectivity index (χ1) is 14.2. The molecule has 0 aliphatic carbocycles. The van der Waals surface area contributed by atoms with Gasteiger partial charge in [0.2, 0.25) is 0 Å². The molecule has 1 aromatic heterocycles. The molecular formula is C24H18ClN3O. The van der Waals surface area contributed by atoms with Gasteiger partial charge in [-0.05, 0) is 47.5 Å². The lowest BCUT2D eigenvalue weighted by molar-refractivity contribution is 0.220. The molecule has 4 nitrogen and oxygen atoms in total. The van der Waals surface area contributed by atoms with Crippen LogP contribution in [0.3, 0.4) is 0 Å². The minimum atomic E-state index is -0.236. The summed E-state index contributed by atoms with van der Waals surface area (Å²) in [6.45, 7) is 0. The number of halogens is 1. The van der Waals surface area contributed by atoms with Crippen molar-refractivity contribution in [2.75, 3.05) is 5.32 Å². The Morgan fingerprint density at radius 2 is 1.69 bits per heavy atom. The van der Waals surface area contributed by atoms with Crippen LogP contribution in [0.5, 0.6) is 0 Å². The number of H-pyrrole nitrogens is 1. The molecule has 2 heterocycles. The lowest BCUT2D eigenvalue weighted by Gasteiger charge is -2.33. The van der Waals surface area contributed by atoms with Crippen LogP contribution in [0.4, 0.5) is 10.5 Å². The second-order valence-corrected chi connectivity index (χ2v) is 7.42. The number of carbonyl (C=O) groups excluding carboxylic acids is 1. The summed E-state index contributed by atoms with van der Waals surface area (Å²) in [4.78, 5) is 18.3. The van der Waals surface area contributed by atoms with Gasteiger partial charge >= 0.3 is 6.03 Å². The molecule has 0 saturated heterocycles. The number of aromatic amines is 1. The van der Waals surface area contributed by atoms with E-state index in [0.29, 0.717) is 10.7 Å². The average Bonchev–Trinajstić information content (AvgIpc) is 3.18. The van der Waals surface area contributed by atoms with E-state index in [0.717, 1.165) is 27.6 Å². The number of hydrogen-bond donors (Lipinski definition) is 2. The maximum absolute atomic E-state index is 13.2. The fourth-order valence-electron chi connectivity index (χ4n) is 3.85. The molecule has 2 N–H and O–H groups in total. The van der Waals surface area contributed by atoms with Crippen molar-refractivity contribution in [3.8, 4) is 0 Å². The Kier molecular flexibility index (Phi) is 4.34. The molecule has 3 aromatic carbocycles. The summed E-state index contributed by atoms with van der Waals surface area (Å²) in [5.74, 6) is 0. The van der Waals surface area contributed by atoms with Crippen molar-refractivity contribution in [1.29, 1.82) is 0 Å². The predicted molar refractivity (Wildman–Crippen MR) is 118 cm³/mol. The molecular weight excluding hydrogens is 382 g/mol. The van der Waals surface area contributed by atoms with E-state index in [-0.39, 0.29) is 12.1 Å². The van der Waals surface area contributed by atoms with Gasteiger partial charge in [0.15, 0.2) is 0 Å².